The largest absolute Gasteiger partial charge is 0.310 e. The second-order valence-electron chi connectivity index (χ2n) is 3.20. The highest BCUT2D eigenvalue weighted by molar-refractivity contribution is 6.30. The van der Waals surface area contributed by atoms with Crippen molar-refractivity contribution in [3.8, 4) is 0 Å². The van der Waals surface area contributed by atoms with E-state index in [4.69, 9.17) is 11.6 Å². The molecule has 0 spiro atoms. The summed E-state index contributed by atoms with van der Waals surface area (Å²) in [5.41, 5.74) is 1.36. The first-order valence-electron chi connectivity index (χ1n) is 4.35. The minimum atomic E-state index is 0.558. The molecule has 0 aliphatic carbocycles. The van der Waals surface area contributed by atoms with Crippen LogP contribution in [0.15, 0.2) is 24.3 Å². The van der Waals surface area contributed by atoms with Crippen LogP contribution in [-0.2, 0) is 0 Å². The quantitative estimate of drug-likeness (QED) is 0.703. The maximum atomic E-state index is 5.80. The molecule has 1 aliphatic heterocycles. The van der Waals surface area contributed by atoms with Crippen molar-refractivity contribution in [1.82, 2.24) is 5.32 Å². The van der Waals surface area contributed by atoms with Crippen molar-refractivity contribution in [2.45, 2.75) is 18.9 Å². The number of nitrogens with one attached hydrogen (secondary N) is 1. The maximum Gasteiger partial charge on any atom is 0.0406 e. The maximum absolute atomic E-state index is 5.80. The predicted molar refractivity (Wildman–Crippen MR) is 51.4 cm³/mol. The first-order chi connectivity index (χ1) is 5.86. The van der Waals surface area contributed by atoms with Crippen LogP contribution in [0.3, 0.4) is 0 Å². The Labute approximate surface area is 77.7 Å². The molecule has 0 radical (unpaired) electrons. The van der Waals surface area contributed by atoms with Crippen LogP contribution >= 0.6 is 11.6 Å². The highest BCUT2D eigenvalue weighted by Crippen LogP contribution is 2.23. The van der Waals surface area contributed by atoms with Crippen molar-refractivity contribution in [2.75, 3.05) is 6.54 Å². The van der Waals surface area contributed by atoms with Gasteiger partial charge < -0.3 is 5.32 Å². The van der Waals surface area contributed by atoms with Crippen LogP contribution in [0, 0.1) is 0 Å². The van der Waals surface area contributed by atoms with E-state index in [0.29, 0.717) is 6.04 Å². The van der Waals surface area contributed by atoms with Gasteiger partial charge in [-0.05, 0) is 37.1 Å². The molecule has 1 N–H and O–H groups in total. The van der Waals surface area contributed by atoms with Gasteiger partial charge in [-0.3, -0.25) is 0 Å². The van der Waals surface area contributed by atoms with Gasteiger partial charge in [0, 0.05) is 11.1 Å². The van der Waals surface area contributed by atoms with Gasteiger partial charge in [0.25, 0.3) is 0 Å². The number of benzene rings is 1. The van der Waals surface area contributed by atoms with Gasteiger partial charge in [-0.15, -0.1) is 0 Å². The van der Waals surface area contributed by atoms with E-state index >= 15 is 0 Å². The molecule has 1 saturated heterocycles. The Morgan fingerprint density at radius 1 is 1.25 bits per heavy atom. The minimum absolute atomic E-state index is 0.558. The fourth-order valence-corrected chi connectivity index (χ4v) is 1.79. The molecule has 0 bridgehead atoms. The number of hydrogen-bond donors (Lipinski definition) is 1. The first-order valence-corrected chi connectivity index (χ1v) is 4.73. The summed E-state index contributed by atoms with van der Waals surface area (Å²) in [6.45, 7) is 1.15. The number of hydrogen-bond acceptors (Lipinski definition) is 1. The van der Waals surface area contributed by atoms with Crippen LogP contribution < -0.4 is 5.32 Å². The molecule has 2 rings (SSSR count). The zero-order valence-electron chi connectivity index (χ0n) is 6.89. The topological polar surface area (TPSA) is 12.0 Å². The second kappa shape index (κ2) is 3.46. The summed E-state index contributed by atoms with van der Waals surface area (Å²) in [5, 5.41) is 4.27. The van der Waals surface area contributed by atoms with E-state index < -0.39 is 0 Å². The Morgan fingerprint density at radius 3 is 2.58 bits per heavy atom. The molecule has 0 amide bonds. The summed E-state index contributed by atoms with van der Waals surface area (Å²) in [7, 11) is 0. The molecule has 1 atom stereocenters. The van der Waals surface area contributed by atoms with Crippen molar-refractivity contribution in [3.05, 3.63) is 34.9 Å². The third-order valence-corrected chi connectivity index (χ3v) is 2.58. The predicted octanol–water partition coefficient (Wildman–Crippen LogP) is 2.76. The van der Waals surface area contributed by atoms with Crippen LogP contribution in [0.25, 0.3) is 0 Å². The van der Waals surface area contributed by atoms with E-state index in [2.05, 4.69) is 17.4 Å². The Balaban J connectivity index is 2.17. The van der Waals surface area contributed by atoms with Crippen molar-refractivity contribution >= 4 is 11.6 Å². The lowest BCUT2D eigenvalue weighted by atomic mass is 10.1. The fourth-order valence-electron chi connectivity index (χ4n) is 1.66. The lowest BCUT2D eigenvalue weighted by Gasteiger charge is -2.09. The van der Waals surface area contributed by atoms with Crippen molar-refractivity contribution < 1.29 is 0 Å². The molecule has 12 heavy (non-hydrogen) atoms. The van der Waals surface area contributed by atoms with Gasteiger partial charge in [0.1, 0.15) is 0 Å². The van der Waals surface area contributed by atoms with Gasteiger partial charge in [0.2, 0.25) is 0 Å². The summed E-state index contributed by atoms with van der Waals surface area (Å²) >= 11 is 5.80. The Morgan fingerprint density at radius 2 is 2.00 bits per heavy atom. The van der Waals surface area contributed by atoms with Gasteiger partial charge in [-0.1, -0.05) is 23.7 Å². The molecule has 0 saturated carbocycles. The molecule has 1 nitrogen and oxygen atoms in total. The van der Waals surface area contributed by atoms with E-state index in [1.807, 2.05) is 12.1 Å². The van der Waals surface area contributed by atoms with E-state index in [0.717, 1.165) is 11.6 Å². The molecule has 64 valence electrons. The summed E-state index contributed by atoms with van der Waals surface area (Å²) in [6, 6.07) is 8.67. The lowest BCUT2D eigenvalue weighted by Crippen LogP contribution is -2.12. The van der Waals surface area contributed by atoms with Gasteiger partial charge in [-0.2, -0.15) is 0 Å². The molecule has 0 aromatic heterocycles. The Kier molecular flexibility index (Phi) is 2.33. The molecule has 1 heterocycles. The third-order valence-electron chi connectivity index (χ3n) is 2.33. The Bertz CT molecular complexity index is 249. The monoisotopic (exact) mass is 181 g/mol. The summed E-state index contributed by atoms with van der Waals surface area (Å²) in [5.74, 6) is 0. The zero-order valence-corrected chi connectivity index (χ0v) is 7.64. The normalized spacial score (nSPS) is 22.9. The van der Waals surface area contributed by atoms with E-state index in [9.17, 15) is 0 Å². The molecular formula is C10H12ClN. The molecule has 1 aromatic rings. The minimum Gasteiger partial charge on any atom is -0.310 e. The molecule has 1 aromatic carbocycles. The van der Waals surface area contributed by atoms with Crippen molar-refractivity contribution in [2.24, 2.45) is 0 Å². The van der Waals surface area contributed by atoms with E-state index in [1.54, 1.807) is 0 Å². The number of halogens is 1. The van der Waals surface area contributed by atoms with Crippen LogP contribution in [0.4, 0.5) is 0 Å². The standard InChI is InChI=1S/C10H12ClN/c11-9-5-3-8(4-6-9)10-2-1-7-12-10/h3-6,10,12H,1-2,7H2. The molecule has 1 unspecified atom stereocenters. The fraction of sp³-hybridized carbons (Fsp3) is 0.400. The summed E-state index contributed by atoms with van der Waals surface area (Å²) in [4.78, 5) is 0. The van der Waals surface area contributed by atoms with Gasteiger partial charge >= 0.3 is 0 Å². The Hall–Kier alpha value is -0.530. The molecular weight excluding hydrogens is 170 g/mol. The van der Waals surface area contributed by atoms with Crippen LogP contribution in [0.5, 0.6) is 0 Å². The average molecular weight is 182 g/mol. The van der Waals surface area contributed by atoms with Gasteiger partial charge in [0.05, 0.1) is 0 Å². The van der Waals surface area contributed by atoms with Gasteiger partial charge in [-0.25, -0.2) is 0 Å². The first kappa shape index (κ1) is 8.09. The van der Waals surface area contributed by atoms with Crippen molar-refractivity contribution in [3.63, 3.8) is 0 Å². The second-order valence-corrected chi connectivity index (χ2v) is 3.64. The third kappa shape index (κ3) is 1.62. The van der Waals surface area contributed by atoms with Crippen LogP contribution in [0.1, 0.15) is 24.4 Å². The van der Waals surface area contributed by atoms with E-state index in [1.165, 1.54) is 18.4 Å². The zero-order chi connectivity index (χ0) is 8.39. The highest BCUT2D eigenvalue weighted by Gasteiger charge is 2.15. The van der Waals surface area contributed by atoms with Crippen LogP contribution in [0.2, 0.25) is 5.02 Å². The van der Waals surface area contributed by atoms with Crippen LogP contribution in [-0.4, -0.2) is 6.54 Å². The SMILES string of the molecule is Clc1ccc(C2CCCN2)cc1. The molecule has 1 aliphatic rings. The average Bonchev–Trinajstić information content (AvgIpc) is 2.58. The molecule has 2 heteroatoms. The van der Waals surface area contributed by atoms with Gasteiger partial charge in [0.15, 0.2) is 0 Å². The summed E-state index contributed by atoms with van der Waals surface area (Å²) in [6.07, 6.45) is 2.54. The van der Waals surface area contributed by atoms with Crippen molar-refractivity contribution in [1.29, 1.82) is 0 Å². The van der Waals surface area contributed by atoms with E-state index in [-0.39, 0.29) is 0 Å². The smallest absolute Gasteiger partial charge is 0.0406 e. The molecule has 1 fully saturated rings. The highest BCUT2D eigenvalue weighted by atomic mass is 35.5. The lowest BCUT2D eigenvalue weighted by molar-refractivity contribution is 0.648. The summed E-state index contributed by atoms with van der Waals surface area (Å²) < 4.78 is 0. The number of rotatable bonds is 1.